The lowest BCUT2D eigenvalue weighted by Gasteiger charge is -2.19. The quantitative estimate of drug-likeness (QED) is 0.680. The molecule has 0 unspecified atom stereocenters. The van der Waals surface area contributed by atoms with E-state index in [1.807, 2.05) is 36.4 Å². The summed E-state index contributed by atoms with van der Waals surface area (Å²) in [4.78, 5) is 11.7. The van der Waals surface area contributed by atoms with Gasteiger partial charge in [0, 0.05) is 6.42 Å². The van der Waals surface area contributed by atoms with Crippen LogP contribution in [0.1, 0.15) is 56.2 Å². The number of aryl methyl sites for hydroxylation is 1. The largest absolute Gasteiger partial charge is 0.478 e. The van der Waals surface area contributed by atoms with Crippen LogP contribution in [0.4, 0.5) is 0 Å². The van der Waals surface area contributed by atoms with Crippen LogP contribution >= 0.6 is 0 Å². The van der Waals surface area contributed by atoms with Crippen LogP contribution in [0.3, 0.4) is 0 Å². The van der Waals surface area contributed by atoms with Crippen LogP contribution in [0.2, 0.25) is 0 Å². The third-order valence-corrected chi connectivity index (χ3v) is 4.35. The van der Waals surface area contributed by atoms with Gasteiger partial charge in [-0.15, -0.1) is 0 Å². The highest BCUT2D eigenvalue weighted by molar-refractivity contribution is 5.73. The Bertz CT molecular complexity index is 674. The fraction of sp³-hybridized carbons (Fsp3) is 0.409. The zero-order valence-electron chi connectivity index (χ0n) is 15.4. The van der Waals surface area contributed by atoms with Crippen molar-refractivity contribution in [3.8, 4) is 5.75 Å². The van der Waals surface area contributed by atoms with Crippen LogP contribution in [0, 0.1) is 0 Å². The van der Waals surface area contributed by atoms with Crippen LogP contribution in [-0.2, 0) is 17.6 Å². The molecule has 2 aromatic carbocycles. The molecule has 2 rings (SSSR count). The Balaban J connectivity index is 2.10. The molecule has 3 nitrogen and oxygen atoms in total. The molecular formula is C22H28O3. The first kappa shape index (κ1) is 19.0. The Labute approximate surface area is 150 Å². The number of aliphatic carboxylic acids is 1. The number of ether oxygens (including phenoxy) is 1. The van der Waals surface area contributed by atoms with Crippen molar-refractivity contribution in [1.82, 2.24) is 0 Å². The van der Waals surface area contributed by atoms with Crippen molar-refractivity contribution in [3.05, 3.63) is 65.2 Å². The number of benzene rings is 2. The van der Waals surface area contributed by atoms with Gasteiger partial charge in [-0.3, -0.25) is 0 Å². The second-order valence-corrected chi connectivity index (χ2v) is 6.76. The summed E-state index contributed by atoms with van der Waals surface area (Å²) in [6.45, 7) is 6.33. The van der Waals surface area contributed by atoms with E-state index in [4.69, 9.17) is 4.74 Å². The summed E-state index contributed by atoms with van der Waals surface area (Å²) in [5.41, 5.74) is 3.31. The predicted molar refractivity (Wildman–Crippen MR) is 101 cm³/mol. The summed E-state index contributed by atoms with van der Waals surface area (Å²) in [6.07, 6.45) is 2.88. The lowest BCUT2D eigenvalue weighted by atomic mass is 10.0. The number of unbranched alkanes of at least 4 members (excludes halogenated alkanes) is 1. The van der Waals surface area contributed by atoms with Gasteiger partial charge in [-0.05, 0) is 41.5 Å². The van der Waals surface area contributed by atoms with Crippen LogP contribution in [0.25, 0.3) is 0 Å². The minimum absolute atomic E-state index is 0.281. The van der Waals surface area contributed by atoms with Gasteiger partial charge in [0.25, 0.3) is 0 Å². The summed E-state index contributed by atoms with van der Waals surface area (Å²) < 4.78 is 5.87. The second kappa shape index (κ2) is 9.26. The zero-order chi connectivity index (χ0) is 18.2. The SMILES string of the molecule is CCCCc1ccc(C[C@H](Oc2ccccc2C(C)C)C(=O)O)cc1. The molecule has 0 bridgehead atoms. The molecule has 134 valence electrons. The molecule has 0 aliphatic rings. The third-order valence-electron chi connectivity index (χ3n) is 4.35. The molecule has 0 heterocycles. The number of carboxylic acid groups (broad SMARTS) is 1. The average Bonchev–Trinajstić information content (AvgIpc) is 2.60. The standard InChI is InChI=1S/C22H28O3/c1-4-5-8-17-11-13-18(14-12-17)15-21(22(23)24)25-20-10-7-6-9-19(20)16(2)3/h6-7,9-14,16,21H,4-5,8,15H2,1-3H3,(H,23,24)/t21-/m0/s1. The molecule has 25 heavy (non-hydrogen) atoms. The molecule has 0 aromatic heterocycles. The van der Waals surface area contributed by atoms with Crippen molar-refractivity contribution in [1.29, 1.82) is 0 Å². The van der Waals surface area contributed by atoms with Crippen LogP contribution < -0.4 is 4.74 Å². The number of carbonyl (C=O) groups is 1. The van der Waals surface area contributed by atoms with Gasteiger partial charge in [0.05, 0.1) is 0 Å². The summed E-state index contributed by atoms with van der Waals surface area (Å²) in [6, 6.07) is 15.9. The molecule has 1 N–H and O–H groups in total. The minimum atomic E-state index is -0.936. The van der Waals surface area contributed by atoms with Gasteiger partial charge >= 0.3 is 5.97 Å². The molecule has 0 saturated carbocycles. The highest BCUT2D eigenvalue weighted by Gasteiger charge is 2.21. The van der Waals surface area contributed by atoms with Gasteiger partial charge in [-0.25, -0.2) is 4.79 Å². The number of para-hydroxylation sites is 1. The van der Waals surface area contributed by atoms with E-state index in [0.29, 0.717) is 12.2 Å². The molecule has 0 aliphatic heterocycles. The monoisotopic (exact) mass is 340 g/mol. The van der Waals surface area contributed by atoms with Crippen molar-refractivity contribution in [2.75, 3.05) is 0 Å². The first-order valence-electron chi connectivity index (χ1n) is 9.07. The van der Waals surface area contributed by atoms with E-state index in [2.05, 4.69) is 32.9 Å². The first-order valence-corrected chi connectivity index (χ1v) is 9.07. The topological polar surface area (TPSA) is 46.5 Å². The van der Waals surface area contributed by atoms with E-state index in [0.717, 1.165) is 17.5 Å². The van der Waals surface area contributed by atoms with Crippen molar-refractivity contribution in [3.63, 3.8) is 0 Å². The number of hydrogen-bond acceptors (Lipinski definition) is 2. The van der Waals surface area contributed by atoms with Crippen LogP contribution in [0.5, 0.6) is 5.75 Å². The van der Waals surface area contributed by atoms with Gasteiger partial charge in [-0.1, -0.05) is 69.7 Å². The maximum absolute atomic E-state index is 11.7. The number of rotatable bonds is 9. The van der Waals surface area contributed by atoms with Gasteiger partial charge in [0.15, 0.2) is 6.10 Å². The Hall–Kier alpha value is -2.29. The maximum Gasteiger partial charge on any atom is 0.345 e. The van der Waals surface area contributed by atoms with E-state index in [9.17, 15) is 9.90 Å². The van der Waals surface area contributed by atoms with Crippen molar-refractivity contribution < 1.29 is 14.6 Å². The van der Waals surface area contributed by atoms with Gasteiger partial charge in [0.1, 0.15) is 5.75 Å². The zero-order valence-corrected chi connectivity index (χ0v) is 15.4. The maximum atomic E-state index is 11.7. The van der Waals surface area contributed by atoms with E-state index in [-0.39, 0.29) is 5.92 Å². The Kier molecular flexibility index (Phi) is 7.05. The van der Waals surface area contributed by atoms with E-state index in [1.54, 1.807) is 0 Å². The summed E-state index contributed by atoms with van der Waals surface area (Å²) >= 11 is 0. The molecule has 2 aromatic rings. The lowest BCUT2D eigenvalue weighted by molar-refractivity contribution is -0.145. The van der Waals surface area contributed by atoms with Gasteiger partial charge < -0.3 is 9.84 Å². The fourth-order valence-corrected chi connectivity index (χ4v) is 2.83. The van der Waals surface area contributed by atoms with Gasteiger partial charge in [-0.2, -0.15) is 0 Å². The molecule has 0 spiro atoms. The fourth-order valence-electron chi connectivity index (χ4n) is 2.83. The van der Waals surface area contributed by atoms with Crippen LogP contribution in [-0.4, -0.2) is 17.2 Å². The lowest BCUT2D eigenvalue weighted by Crippen LogP contribution is -2.29. The summed E-state index contributed by atoms with van der Waals surface area (Å²) in [5.74, 6) is 0.00146. The Morgan fingerprint density at radius 1 is 1.04 bits per heavy atom. The molecule has 1 atom stereocenters. The van der Waals surface area contributed by atoms with Crippen LogP contribution in [0.15, 0.2) is 48.5 Å². The van der Waals surface area contributed by atoms with E-state index >= 15 is 0 Å². The Morgan fingerprint density at radius 2 is 1.68 bits per heavy atom. The molecule has 0 aliphatic carbocycles. The summed E-state index contributed by atoms with van der Waals surface area (Å²) in [5, 5.41) is 9.57. The normalized spacial score (nSPS) is 12.2. The summed E-state index contributed by atoms with van der Waals surface area (Å²) in [7, 11) is 0. The molecule has 0 fully saturated rings. The van der Waals surface area contributed by atoms with Crippen molar-refractivity contribution in [2.45, 2.75) is 58.5 Å². The van der Waals surface area contributed by atoms with Crippen molar-refractivity contribution in [2.24, 2.45) is 0 Å². The Morgan fingerprint density at radius 3 is 2.28 bits per heavy atom. The minimum Gasteiger partial charge on any atom is -0.478 e. The molecule has 0 amide bonds. The van der Waals surface area contributed by atoms with Crippen molar-refractivity contribution >= 4 is 5.97 Å². The van der Waals surface area contributed by atoms with E-state index in [1.165, 1.54) is 18.4 Å². The molecular weight excluding hydrogens is 312 g/mol. The van der Waals surface area contributed by atoms with Gasteiger partial charge in [0.2, 0.25) is 0 Å². The van der Waals surface area contributed by atoms with E-state index < -0.39 is 12.1 Å². The molecule has 0 radical (unpaired) electrons. The molecule has 0 saturated heterocycles. The molecule has 3 heteroatoms. The second-order valence-electron chi connectivity index (χ2n) is 6.76. The highest BCUT2D eigenvalue weighted by Crippen LogP contribution is 2.27. The first-order chi connectivity index (χ1) is 12.0. The highest BCUT2D eigenvalue weighted by atomic mass is 16.5. The predicted octanol–water partition coefficient (Wildman–Crippen LogP) is 5.23. The third kappa shape index (κ3) is 5.63. The number of carboxylic acids is 1. The average molecular weight is 340 g/mol. The number of hydrogen-bond donors (Lipinski definition) is 1. The smallest absolute Gasteiger partial charge is 0.345 e.